The third-order valence-electron chi connectivity index (χ3n) is 3.37. The van der Waals surface area contributed by atoms with Crippen LogP contribution in [0.25, 0.3) is 0 Å². The molecular formula is C16H32N6S. The van der Waals surface area contributed by atoms with Gasteiger partial charge in [0.25, 0.3) is 0 Å². The Bertz CT molecular complexity index is 457. The van der Waals surface area contributed by atoms with E-state index in [1.807, 2.05) is 19.0 Å². The van der Waals surface area contributed by atoms with Crippen molar-refractivity contribution in [2.24, 2.45) is 4.99 Å². The van der Waals surface area contributed by atoms with Crippen molar-refractivity contribution in [3.63, 3.8) is 0 Å². The normalized spacial score (nSPS) is 11.8. The molecule has 0 aliphatic carbocycles. The molecule has 0 spiro atoms. The molecule has 132 valence electrons. The summed E-state index contributed by atoms with van der Waals surface area (Å²) >= 11 is 1.65. The van der Waals surface area contributed by atoms with Gasteiger partial charge in [-0.05, 0) is 26.4 Å². The Kier molecular flexibility index (Phi) is 9.63. The highest BCUT2D eigenvalue weighted by atomic mass is 32.1. The van der Waals surface area contributed by atoms with Crippen molar-refractivity contribution < 1.29 is 0 Å². The number of aliphatic imine (C=N–C) groups is 1. The number of rotatable bonds is 10. The Hall–Kier alpha value is -1.34. The van der Waals surface area contributed by atoms with Gasteiger partial charge in [-0.15, -0.1) is 11.3 Å². The topological polar surface area (TPSA) is 55.8 Å². The van der Waals surface area contributed by atoms with Gasteiger partial charge in [0.05, 0.1) is 12.2 Å². The summed E-state index contributed by atoms with van der Waals surface area (Å²) in [6.45, 7) is 12.2. The molecule has 23 heavy (non-hydrogen) atoms. The largest absolute Gasteiger partial charge is 0.357 e. The van der Waals surface area contributed by atoms with Crippen LogP contribution in [0.1, 0.15) is 32.9 Å². The molecular weight excluding hydrogens is 308 g/mol. The summed E-state index contributed by atoms with van der Waals surface area (Å²) in [5.41, 5.74) is 1.01. The Morgan fingerprint density at radius 2 is 2.00 bits per heavy atom. The SMILES string of the molecule is CCCN(CC)CCNC(=NCc1csc(N(C)C)n1)NCC. The fourth-order valence-electron chi connectivity index (χ4n) is 2.15. The fraction of sp³-hybridized carbons (Fsp3) is 0.750. The van der Waals surface area contributed by atoms with Gasteiger partial charge in [-0.3, -0.25) is 0 Å². The Labute approximate surface area is 145 Å². The lowest BCUT2D eigenvalue weighted by Crippen LogP contribution is -2.41. The molecule has 1 aromatic heterocycles. The minimum atomic E-state index is 0.603. The zero-order chi connectivity index (χ0) is 17.1. The van der Waals surface area contributed by atoms with Crippen LogP contribution in [0.4, 0.5) is 5.13 Å². The molecule has 0 atom stereocenters. The molecule has 0 saturated carbocycles. The molecule has 0 aliphatic heterocycles. The summed E-state index contributed by atoms with van der Waals surface area (Å²) in [7, 11) is 4.01. The highest BCUT2D eigenvalue weighted by Gasteiger charge is 2.05. The number of aromatic nitrogens is 1. The molecule has 6 nitrogen and oxygen atoms in total. The van der Waals surface area contributed by atoms with Gasteiger partial charge in [0.2, 0.25) is 0 Å². The van der Waals surface area contributed by atoms with Gasteiger partial charge >= 0.3 is 0 Å². The second kappa shape index (κ2) is 11.2. The van der Waals surface area contributed by atoms with E-state index in [-0.39, 0.29) is 0 Å². The van der Waals surface area contributed by atoms with Crippen molar-refractivity contribution in [3.05, 3.63) is 11.1 Å². The van der Waals surface area contributed by atoms with E-state index in [2.05, 4.69) is 51.7 Å². The van der Waals surface area contributed by atoms with E-state index in [1.165, 1.54) is 6.42 Å². The summed E-state index contributed by atoms with van der Waals surface area (Å²) in [5, 5.41) is 9.79. The van der Waals surface area contributed by atoms with Gasteiger partial charge < -0.3 is 20.4 Å². The molecule has 0 unspecified atom stereocenters. The molecule has 0 aliphatic rings. The lowest BCUT2D eigenvalue weighted by atomic mass is 10.4. The predicted molar refractivity (Wildman–Crippen MR) is 102 cm³/mol. The smallest absolute Gasteiger partial charge is 0.191 e. The first-order valence-corrected chi connectivity index (χ1v) is 9.34. The van der Waals surface area contributed by atoms with Crippen LogP contribution in [-0.4, -0.2) is 62.7 Å². The third kappa shape index (κ3) is 7.65. The van der Waals surface area contributed by atoms with E-state index in [0.717, 1.165) is 49.5 Å². The maximum atomic E-state index is 4.63. The average molecular weight is 341 g/mol. The van der Waals surface area contributed by atoms with E-state index in [1.54, 1.807) is 11.3 Å². The molecule has 1 aromatic rings. The number of nitrogens with zero attached hydrogens (tertiary/aromatic N) is 4. The number of guanidine groups is 1. The third-order valence-corrected chi connectivity index (χ3v) is 4.43. The molecule has 0 radical (unpaired) electrons. The predicted octanol–water partition coefficient (Wildman–Crippen LogP) is 2.00. The molecule has 7 heteroatoms. The highest BCUT2D eigenvalue weighted by molar-refractivity contribution is 7.13. The Balaban J connectivity index is 2.48. The summed E-state index contributed by atoms with van der Waals surface area (Å²) in [6, 6.07) is 0. The van der Waals surface area contributed by atoms with Crippen molar-refractivity contribution in [1.82, 2.24) is 20.5 Å². The van der Waals surface area contributed by atoms with Gasteiger partial charge in [-0.2, -0.15) is 0 Å². The maximum absolute atomic E-state index is 4.63. The van der Waals surface area contributed by atoms with Gasteiger partial charge in [0, 0.05) is 39.1 Å². The van der Waals surface area contributed by atoms with E-state index < -0.39 is 0 Å². The van der Waals surface area contributed by atoms with Crippen LogP contribution in [0, 0.1) is 0 Å². The van der Waals surface area contributed by atoms with Crippen LogP contribution < -0.4 is 15.5 Å². The van der Waals surface area contributed by atoms with Crippen LogP contribution in [0.15, 0.2) is 10.4 Å². The van der Waals surface area contributed by atoms with Crippen molar-refractivity contribution >= 4 is 22.4 Å². The standard InChI is InChI=1S/C16H32N6S/c1-6-10-22(8-3)11-9-18-15(17-7-2)19-12-14-13-23-16(20-14)21(4)5/h13H,6-12H2,1-5H3,(H2,17,18,19). The number of nitrogens with one attached hydrogen (secondary N) is 2. The van der Waals surface area contributed by atoms with Crippen molar-refractivity contribution in [1.29, 1.82) is 0 Å². The number of thiazole rings is 1. The van der Waals surface area contributed by atoms with Crippen LogP contribution in [-0.2, 0) is 6.54 Å². The highest BCUT2D eigenvalue weighted by Crippen LogP contribution is 2.18. The van der Waals surface area contributed by atoms with E-state index in [4.69, 9.17) is 0 Å². The van der Waals surface area contributed by atoms with Gasteiger partial charge in [-0.1, -0.05) is 13.8 Å². The van der Waals surface area contributed by atoms with Gasteiger partial charge in [0.15, 0.2) is 11.1 Å². The number of hydrogen-bond donors (Lipinski definition) is 2. The number of anilines is 1. The number of hydrogen-bond acceptors (Lipinski definition) is 5. The summed E-state index contributed by atoms with van der Waals surface area (Å²) < 4.78 is 0. The molecule has 0 fully saturated rings. The van der Waals surface area contributed by atoms with E-state index >= 15 is 0 Å². The van der Waals surface area contributed by atoms with Crippen molar-refractivity contribution in [3.8, 4) is 0 Å². The maximum Gasteiger partial charge on any atom is 0.191 e. The first-order chi connectivity index (χ1) is 11.1. The molecule has 1 rings (SSSR count). The lowest BCUT2D eigenvalue weighted by Gasteiger charge is -2.20. The second-order valence-corrected chi connectivity index (χ2v) is 6.41. The molecule has 2 N–H and O–H groups in total. The summed E-state index contributed by atoms with van der Waals surface area (Å²) in [4.78, 5) is 13.7. The minimum Gasteiger partial charge on any atom is -0.357 e. The quantitative estimate of drug-likeness (QED) is 0.504. The monoisotopic (exact) mass is 340 g/mol. The van der Waals surface area contributed by atoms with Crippen LogP contribution in [0.5, 0.6) is 0 Å². The van der Waals surface area contributed by atoms with Crippen LogP contribution in [0.3, 0.4) is 0 Å². The van der Waals surface area contributed by atoms with Crippen LogP contribution >= 0.6 is 11.3 Å². The van der Waals surface area contributed by atoms with E-state index in [0.29, 0.717) is 6.54 Å². The molecule has 0 bridgehead atoms. The molecule has 1 heterocycles. The zero-order valence-electron chi connectivity index (χ0n) is 15.2. The van der Waals surface area contributed by atoms with Crippen molar-refractivity contribution in [2.45, 2.75) is 33.7 Å². The first kappa shape index (κ1) is 19.7. The second-order valence-electron chi connectivity index (χ2n) is 5.57. The van der Waals surface area contributed by atoms with Crippen LogP contribution in [0.2, 0.25) is 0 Å². The molecule has 0 amide bonds. The molecule has 0 saturated heterocycles. The lowest BCUT2D eigenvalue weighted by molar-refractivity contribution is 0.293. The van der Waals surface area contributed by atoms with Gasteiger partial charge in [0.1, 0.15) is 0 Å². The Morgan fingerprint density at radius 1 is 1.22 bits per heavy atom. The van der Waals surface area contributed by atoms with Crippen molar-refractivity contribution in [2.75, 3.05) is 51.7 Å². The minimum absolute atomic E-state index is 0.603. The fourth-order valence-corrected chi connectivity index (χ4v) is 2.90. The zero-order valence-corrected chi connectivity index (χ0v) is 16.0. The Morgan fingerprint density at radius 3 is 2.57 bits per heavy atom. The number of likely N-dealkylation sites (N-methyl/N-ethyl adjacent to an activating group) is 1. The van der Waals surface area contributed by atoms with E-state index in [9.17, 15) is 0 Å². The summed E-state index contributed by atoms with van der Waals surface area (Å²) in [5.74, 6) is 0.861. The molecule has 0 aromatic carbocycles. The first-order valence-electron chi connectivity index (χ1n) is 8.46. The average Bonchev–Trinajstić information content (AvgIpc) is 3.01. The van der Waals surface area contributed by atoms with Gasteiger partial charge in [-0.25, -0.2) is 9.98 Å². The summed E-state index contributed by atoms with van der Waals surface area (Å²) in [6.07, 6.45) is 1.19.